The van der Waals surface area contributed by atoms with Crippen molar-refractivity contribution >= 4 is 5.69 Å². The molecule has 1 aliphatic heterocycles. The number of para-hydroxylation sites is 1. The summed E-state index contributed by atoms with van der Waals surface area (Å²) in [5, 5.41) is 7.24. The first-order chi connectivity index (χ1) is 7.92. The van der Waals surface area contributed by atoms with Crippen LogP contribution in [0.3, 0.4) is 0 Å². The molecule has 0 radical (unpaired) electrons. The highest BCUT2D eigenvalue weighted by molar-refractivity contribution is 5.56. The van der Waals surface area contributed by atoms with Gasteiger partial charge in [0.2, 0.25) is 0 Å². The van der Waals surface area contributed by atoms with Gasteiger partial charge in [-0.3, -0.25) is 0 Å². The SMILES string of the molecule is c1ccc2c(c1)CC(CCNC1CCC1)N2. The number of anilines is 1. The number of rotatable bonds is 4. The van der Waals surface area contributed by atoms with Crippen molar-refractivity contribution < 1.29 is 0 Å². The van der Waals surface area contributed by atoms with E-state index in [1.165, 1.54) is 43.4 Å². The van der Waals surface area contributed by atoms with Crippen LogP contribution in [0.1, 0.15) is 31.2 Å². The van der Waals surface area contributed by atoms with Gasteiger partial charge in [0.25, 0.3) is 0 Å². The minimum Gasteiger partial charge on any atom is -0.382 e. The Morgan fingerprint density at radius 1 is 1.25 bits per heavy atom. The van der Waals surface area contributed by atoms with Crippen molar-refractivity contribution in [3.8, 4) is 0 Å². The van der Waals surface area contributed by atoms with Gasteiger partial charge < -0.3 is 10.6 Å². The van der Waals surface area contributed by atoms with Crippen molar-refractivity contribution in [1.29, 1.82) is 0 Å². The Bertz CT molecular complexity index is 333. The van der Waals surface area contributed by atoms with Gasteiger partial charge in [-0.25, -0.2) is 0 Å². The van der Waals surface area contributed by atoms with Gasteiger partial charge in [0, 0.05) is 17.8 Å². The molecular formula is C14H20N2. The second kappa shape index (κ2) is 4.46. The lowest BCUT2D eigenvalue weighted by molar-refractivity contribution is 0.336. The van der Waals surface area contributed by atoms with Crippen LogP contribution in [0.4, 0.5) is 5.69 Å². The molecule has 2 N–H and O–H groups in total. The molecule has 86 valence electrons. The Labute approximate surface area is 97.4 Å². The molecule has 0 aromatic heterocycles. The molecule has 1 unspecified atom stereocenters. The van der Waals surface area contributed by atoms with Crippen LogP contribution in [-0.4, -0.2) is 18.6 Å². The highest BCUT2D eigenvalue weighted by atomic mass is 15.0. The van der Waals surface area contributed by atoms with Gasteiger partial charge in [0.1, 0.15) is 0 Å². The molecule has 3 rings (SSSR count). The summed E-state index contributed by atoms with van der Waals surface area (Å²) in [4.78, 5) is 0. The van der Waals surface area contributed by atoms with Gasteiger partial charge >= 0.3 is 0 Å². The molecule has 16 heavy (non-hydrogen) atoms. The summed E-state index contributed by atoms with van der Waals surface area (Å²) in [6, 6.07) is 10.1. The van der Waals surface area contributed by atoms with Crippen molar-refractivity contribution in [1.82, 2.24) is 5.32 Å². The molecule has 1 atom stereocenters. The van der Waals surface area contributed by atoms with Gasteiger partial charge in [-0.1, -0.05) is 24.6 Å². The Morgan fingerprint density at radius 3 is 2.88 bits per heavy atom. The quantitative estimate of drug-likeness (QED) is 0.808. The van der Waals surface area contributed by atoms with Crippen molar-refractivity contribution in [2.24, 2.45) is 0 Å². The zero-order valence-corrected chi connectivity index (χ0v) is 9.71. The van der Waals surface area contributed by atoms with E-state index in [4.69, 9.17) is 0 Å². The number of hydrogen-bond acceptors (Lipinski definition) is 2. The minimum atomic E-state index is 0.643. The Hall–Kier alpha value is -1.02. The fourth-order valence-corrected chi connectivity index (χ4v) is 2.62. The average Bonchev–Trinajstić information content (AvgIpc) is 2.64. The molecule has 1 aliphatic carbocycles. The predicted octanol–water partition coefficient (Wildman–Crippen LogP) is 2.56. The van der Waals surface area contributed by atoms with Crippen LogP contribution >= 0.6 is 0 Å². The lowest BCUT2D eigenvalue weighted by atomic mass is 9.93. The molecule has 0 saturated heterocycles. The van der Waals surface area contributed by atoms with Crippen LogP contribution in [0, 0.1) is 0 Å². The molecular weight excluding hydrogens is 196 g/mol. The van der Waals surface area contributed by atoms with E-state index >= 15 is 0 Å². The molecule has 1 aromatic carbocycles. The third-order valence-corrected chi connectivity index (χ3v) is 3.87. The predicted molar refractivity (Wildman–Crippen MR) is 67.8 cm³/mol. The molecule has 0 bridgehead atoms. The van der Waals surface area contributed by atoms with Crippen molar-refractivity contribution in [2.75, 3.05) is 11.9 Å². The fourth-order valence-electron chi connectivity index (χ4n) is 2.62. The van der Waals surface area contributed by atoms with Crippen LogP contribution in [-0.2, 0) is 6.42 Å². The first kappa shape index (κ1) is 10.2. The topological polar surface area (TPSA) is 24.1 Å². The third kappa shape index (κ3) is 2.07. The molecule has 0 spiro atoms. The summed E-state index contributed by atoms with van der Waals surface area (Å²) >= 11 is 0. The van der Waals surface area contributed by atoms with E-state index in [1.54, 1.807) is 0 Å². The zero-order valence-electron chi connectivity index (χ0n) is 9.71. The molecule has 1 fully saturated rings. The van der Waals surface area contributed by atoms with Crippen LogP contribution in [0.5, 0.6) is 0 Å². The van der Waals surface area contributed by atoms with Crippen LogP contribution in [0.2, 0.25) is 0 Å². The van der Waals surface area contributed by atoms with Gasteiger partial charge in [0.05, 0.1) is 0 Å². The highest BCUT2D eigenvalue weighted by Crippen LogP contribution is 2.26. The molecule has 2 nitrogen and oxygen atoms in total. The maximum Gasteiger partial charge on any atom is 0.0375 e. The molecule has 1 heterocycles. The molecule has 1 aromatic rings. The van der Waals surface area contributed by atoms with E-state index in [1.807, 2.05) is 0 Å². The van der Waals surface area contributed by atoms with Crippen molar-refractivity contribution in [3.05, 3.63) is 29.8 Å². The maximum atomic E-state index is 3.63. The number of fused-ring (bicyclic) bond motifs is 1. The Morgan fingerprint density at radius 2 is 2.12 bits per heavy atom. The van der Waals surface area contributed by atoms with Crippen LogP contribution in [0.25, 0.3) is 0 Å². The number of nitrogens with one attached hydrogen (secondary N) is 2. The fraction of sp³-hybridized carbons (Fsp3) is 0.571. The standard InChI is InChI=1S/C14H20N2/c1-2-7-14-11(4-1)10-13(16-14)8-9-15-12-5-3-6-12/h1-2,4,7,12-13,15-16H,3,5-6,8-10H2. The molecule has 2 aliphatic rings. The maximum absolute atomic E-state index is 3.63. The van der Waals surface area contributed by atoms with E-state index in [0.29, 0.717) is 6.04 Å². The summed E-state index contributed by atoms with van der Waals surface area (Å²) in [5.74, 6) is 0. The van der Waals surface area contributed by atoms with Gasteiger partial charge in [-0.05, 0) is 43.9 Å². The molecule has 1 saturated carbocycles. The van der Waals surface area contributed by atoms with Gasteiger partial charge in [0.15, 0.2) is 0 Å². The number of benzene rings is 1. The first-order valence-electron chi connectivity index (χ1n) is 6.49. The van der Waals surface area contributed by atoms with Crippen molar-refractivity contribution in [2.45, 2.75) is 44.2 Å². The van der Waals surface area contributed by atoms with Gasteiger partial charge in [-0.2, -0.15) is 0 Å². The van der Waals surface area contributed by atoms with Crippen LogP contribution in [0.15, 0.2) is 24.3 Å². The smallest absolute Gasteiger partial charge is 0.0375 e. The summed E-state index contributed by atoms with van der Waals surface area (Å²) < 4.78 is 0. The largest absolute Gasteiger partial charge is 0.382 e. The highest BCUT2D eigenvalue weighted by Gasteiger charge is 2.21. The summed E-state index contributed by atoms with van der Waals surface area (Å²) in [6.45, 7) is 1.16. The Kier molecular flexibility index (Phi) is 2.83. The van der Waals surface area contributed by atoms with E-state index in [-0.39, 0.29) is 0 Å². The van der Waals surface area contributed by atoms with E-state index < -0.39 is 0 Å². The summed E-state index contributed by atoms with van der Waals surface area (Å²) in [5.41, 5.74) is 2.83. The summed E-state index contributed by atoms with van der Waals surface area (Å²) in [7, 11) is 0. The third-order valence-electron chi connectivity index (χ3n) is 3.87. The lowest BCUT2D eigenvalue weighted by Crippen LogP contribution is -2.37. The normalized spacial score (nSPS) is 23.6. The summed E-state index contributed by atoms with van der Waals surface area (Å²) in [6.07, 6.45) is 6.63. The van der Waals surface area contributed by atoms with E-state index in [9.17, 15) is 0 Å². The average molecular weight is 216 g/mol. The van der Waals surface area contributed by atoms with Crippen LogP contribution < -0.4 is 10.6 Å². The Balaban J connectivity index is 1.45. The minimum absolute atomic E-state index is 0.643. The molecule has 0 amide bonds. The van der Waals surface area contributed by atoms with E-state index in [0.717, 1.165) is 12.6 Å². The second-order valence-corrected chi connectivity index (χ2v) is 5.07. The number of hydrogen-bond donors (Lipinski definition) is 2. The molecule has 2 heteroatoms. The monoisotopic (exact) mass is 216 g/mol. The lowest BCUT2D eigenvalue weighted by Gasteiger charge is -2.27. The van der Waals surface area contributed by atoms with Crippen molar-refractivity contribution in [3.63, 3.8) is 0 Å². The first-order valence-corrected chi connectivity index (χ1v) is 6.49. The zero-order chi connectivity index (χ0) is 10.8. The van der Waals surface area contributed by atoms with E-state index in [2.05, 4.69) is 34.9 Å². The second-order valence-electron chi connectivity index (χ2n) is 5.07. The van der Waals surface area contributed by atoms with Gasteiger partial charge in [-0.15, -0.1) is 0 Å².